The zero-order valence-corrected chi connectivity index (χ0v) is 17.0. The van der Waals surface area contributed by atoms with Crippen LogP contribution in [0.15, 0.2) is 53.6 Å². The monoisotopic (exact) mass is 426 g/mol. The average molecular weight is 427 g/mol. The minimum Gasteiger partial charge on any atom is -0.497 e. The number of aryl methyl sites for hydroxylation is 1. The maximum Gasteiger partial charge on any atom is 0.277 e. The van der Waals surface area contributed by atoms with E-state index in [2.05, 4.69) is 15.3 Å². The molecule has 0 aliphatic carbocycles. The van der Waals surface area contributed by atoms with E-state index >= 15 is 0 Å². The molecule has 2 heterocycles. The Morgan fingerprint density at radius 2 is 1.97 bits per heavy atom. The van der Waals surface area contributed by atoms with Crippen LogP contribution in [0, 0.1) is 6.92 Å². The van der Waals surface area contributed by atoms with E-state index in [4.69, 9.17) is 16.3 Å². The fourth-order valence-electron chi connectivity index (χ4n) is 2.87. The van der Waals surface area contributed by atoms with Crippen molar-refractivity contribution in [3.8, 4) is 11.4 Å². The Morgan fingerprint density at radius 1 is 1.21 bits per heavy atom. The summed E-state index contributed by atoms with van der Waals surface area (Å²) < 4.78 is 6.81. The number of para-hydroxylation sites is 1. The highest BCUT2D eigenvalue weighted by atomic mass is 35.5. The molecule has 0 aliphatic heterocycles. The third kappa shape index (κ3) is 3.59. The van der Waals surface area contributed by atoms with Crippen LogP contribution in [0.2, 0.25) is 5.02 Å². The molecule has 7 nitrogen and oxygen atoms in total. The number of anilines is 1. The summed E-state index contributed by atoms with van der Waals surface area (Å²) in [5.41, 5.74) is 1.84. The van der Waals surface area contributed by atoms with Crippen molar-refractivity contribution in [2.45, 2.75) is 6.92 Å². The van der Waals surface area contributed by atoms with Gasteiger partial charge in [0.15, 0.2) is 10.8 Å². The molecule has 0 saturated carbocycles. The number of rotatable bonds is 4. The number of halogens is 1. The Labute approximate surface area is 174 Å². The second kappa shape index (κ2) is 7.65. The molecule has 4 rings (SSSR count). The molecule has 0 fully saturated rings. The molecule has 0 atom stereocenters. The lowest BCUT2D eigenvalue weighted by molar-refractivity contribution is 0.102. The van der Waals surface area contributed by atoms with E-state index in [0.717, 1.165) is 16.9 Å². The lowest BCUT2D eigenvalue weighted by Crippen LogP contribution is -2.19. The molecule has 2 aromatic carbocycles. The number of aromatic nitrogens is 3. The number of fused-ring (bicyclic) bond motifs is 1. The number of methoxy groups -OCH3 is 1. The van der Waals surface area contributed by atoms with Gasteiger partial charge in [-0.1, -0.05) is 35.1 Å². The number of carbonyl (C=O) groups is 1. The summed E-state index contributed by atoms with van der Waals surface area (Å²) in [5, 5.41) is 3.45. The molecule has 0 saturated heterocycles. The van der Waals surface area contributed by atoms with Gasteiger partial charge >= 0.3 is 0 Å². The first-order chi connectivity index (χ1) is 14.0. The topological polar surface area (TPSA) is 86.1 Å². The van der Waals surface area contributed by atoms with E-state index in [0.29, 0.717) is 31.9 Å². The molecule has 1 amide bonds. The zero-order valence-electron chi connectivity index (χ0n) is 15.5. The number of ether oxygens (including phenoxy) is 1. The van der Waals surface area contributed by atoms with Crippen LogP contribution in [0.3, 0.4) is 0 Å². The second-order valence-electron chi connectivity index (χ2n) is 6.18. The number of hydrogen-bond acceptors (Lipinski definition) is 6. The molecule has 4 aromatic rings. The number of nitrogens with zero attached hydrogens (tertiary/aromatic N) is 3. The van der Waals surface area contributed by atoms with Crippen molar-refractivity contribution < 1.29 is 9.53 Å². The van der Waals surface area contributed by atoms with Crippen molar-refractivity contribution >= 4 is 44.3 Å². The number of benzene rings is 2. The minimum atomic E-state index is -0.339. The Balaban J connectivity index is 1.69. The van der Waals surface area contributed by atoms with Gasteiger partial charge in [0.05, 0.1) is 17.8 Å². The van der Waals surface area contributed by atoms with Gasteiger partial charge in [0.25, 0.3) is 11.5 Å². The minimum absolute atomic E-state index is 0.269. The van der Waals surface area contributed by atoms with Crippen LogP contribution in [0.1, 0.15) is 15.9 Å². The largest absolute Gasteiger partial charge is 0.497 e. The van der Waals surface area contributed by atoms with Crippen molar-refractivity contribution in [1.82, 2.24) is 14.5 Å². The summed E-state index contributed by atoms with van der Waals surface area (Å²) >= 11 is 7.35. The van der Waals surface area contributed by atoms with E-state index in [9.17, 15) is 9.59 Å². The van der Waals surface area contributed by atoms with Gasteiger partial charge < -0.3 is 4.74 Å². The first kappa shape index (κ1) is 19.1. The number of hydrogen-bond donors (Lipinski definition) is 1. The Bertz CT molecular complexity index is 1260. The van der Waals surface area contributed by atoms with Crippen LogP contribution in [0.5, 0.6) is 5.75 Å². The van der Waals surface area contributed by atoms with Gasteiger partial charge in [0.2, 0.25) is 0 Å². The van der Waals surface area contributed by atoms with E-state index in [1.165, 1.54) is 10.9 Å². The lowest BCUT2D eigenvalue weighted by Gasteiger charge is -2.10. The summed E-state index contributed by atoms with van der Waals surface area (Å²) in [6.45, 7) is 1.87. The van der Waals surface area contributed by atoms with Gasteiger partial charge in [-0.05, 0) is 42.8 Å². The normalized spacial score (nSPS) is 10.9. The van der Waals surface area contributed by atoms with Crippen molar-refractivity contribution in [2.75, 3.05) is 12.4 Å². The molecule has 146 valence electrons. The van der Waals surface area contributed by atoms with Gasteiger partial charge in [-0.15, -0.1) is 0 Å². The van der Waals surface area contributed by atoms with Crippen LogP contribution in [0.4, 0.5) is 5.13 Å². The second-order valence-corrected chi connectivity index (χ2v) is 7.59. The standard InChI is InChI=1S/C20H15ClN4O3S/c1-11-4-3-5-14(21)15(11)25-10-22-17-16(19(25)27)29-20(23-17)24-18(26)12-6-8-13(28-2)9-7-12/h3-10H,1-2H3,(H,23,24,26). The van der Waals surface area contributed by atoms with Crippen LogP contribution in [-0.2, 0) is 0 Å². The van der Waals surface area contributed by atoms with Crippen LogP contribution < -0.4 is 15.6 Å². The summed E-state index contributed by atoms with van der Waals surface area (Å²) in [7, 11) is 1.56. The van der Waals surface area contributed by atoms with Gasteiger partial charge in [0, 0.05) is 5.56 Å². The zero-order chi connectivity index (χ0) is 20.5. The Kier molecular flexibility index (Phi) is 5.04. The Morgan fingerprint density at radius 3 is 2.66 bits per heavy atom. The fourth-order valence-corrected chi connectivity index (χ4v) is 4.02. The maximum absolute atomic E-state index is 13.0. The first-order valence-corrected chi connectivity index (χ1v) is 9.76. The highest BCUT2D eigenvalue weighted by molar-refractivity contribution is 7.22. The van der Waals surface area contributed by atoms with E-state index in [1.807, 2.05) is 19.1 Å². The molecule has 0 radical (unpaired) electrons. The lowest BCUT2D eigenvalue weighted by atomic mass is 10.2. The predicted octanol–water partition coefficient (Wildman–Crippen LogP) is 4.06. The summed E-state index contributed by atoms with van der Waals surface area (Å²) in [6, 6.07) is 12.1. The van der Waals surface area contributed by atoms with Gasteiger partial charge in [-0.2, -0.15) is 4.98 Å². The number of nitrogens with one attached hydrogen (secondary N) is 1. The molecule has 0 spiro atoms. The third-order valence-corrected chi connectivity index (χ3v) is 5.57. The number of carbonyl (C=O) groups excluding carboxylic acids is 1. The number of thiazole rings is 1. The SMILES string of the molecule is COc1ccc(C(=O)Nc2nc3ncn(-c4c(C)cccc4Cl)c(=O)c3s2)cc1. The highest BCUT2D eigenvalue weighted by Crippen LogP contribution is 2.26. The molecular weight excluding hydrogens is 412 g/mol. The molecule has 2 aromatic heterocycles. The molecule has 29 heavy (non-hydrogen) atoms. The Hall–Kier alpha value is -3.23. The van der Waals surface area contributed by atoms with Gasteiger partial charge in [-0.3, -0.25) is 19.5 Å². The first-order valence-electron chi connectivity index (χ1n) is 8.57. The van der Waals surface area contributed by atoms with E-state index in [-0.39, 0.29) is 17.1 Å². The van der Waals surface area contributed by atoms with Gasteiger partial charge in [-0.25, -0.2) is 4.98 Å². The molecule has 0 unspecified atom stereocenters. The van der Waals surface area contributed by atoms with Crippen molar-refractivity contribution in [1.29, 1.82) is 0 Å². The fraction of sp³-hybridized carbons (Fsp3) is 0.100. The van der Waals surface area contributed by atoms with E-state index < -0.39 is 0 Å². The van der Waals surface area contributed by atoms with Crippen molar-refractivity contribution in [2.24, 2.45) is 0 Å². The van der Waals surface area contributed by atoms with Crippen molar-refractivity contribution in [3.05, 3.63) is 75.3 Å². The molecule has 9 heteroatoms. The van der Waals surface area contributed by atoms with E-state index in [1.54, 1.807) is 37.4 Å². The molecule has 1 N–H and O–H groups in total. The quantitative estimate of drug-likeness (QED) is 0.531. The average Bonchev–Trinajstić information content (AvgIpc) is 3.13. The van der Waals surface area contributed by atoms with Crippen LogP contribution >= 0.6 is 22.9 Å². The summed E-state index contributed by atoms with van der Waals surface area (Å²) in [4.78, 5) is 33.9. The predicted molar refractivity (Wildman–Crippen MR) is 114 cm³/mol. The molecular formula is C20H15ClN4O3S. The number of amides is 1. The molecule has 0 aliphatic rings. The van der Waals surface area contributed by atoms with Crippen LogP contribution in [-0.4, -0.2) is 27.6 Å². The van der Waals surface area contributed by atoms with Gasteiger partial charge in [0.1, 0.15) is 16.8 Å². The summed E-state index contributed by atoms with van der Waals surface area (Å²) in [6.07, 6.45) is 1.40. The highest BCUT2D eigenvalue weighted by Gasteiger charge is 2.16. The molecule has 0 bridgehead atoms. The smallest absolute Gasteiger partial charge is 0.277 e. The maximum atomic E-state index is 13.0. The summed E-state index contributed by atoms with van der Waals surface area (Å²) in [5.74, 6) is 0.315. The third-order valence-electron chi connectivity index (χ3n) is 4.32. The van der Waals surface area contributed by atoms with Crippen LogP contribution in [0.25, 0.3) is 16.0 Å². The van der Waals surface area contributed by atoms with Crippen molar-refractivity contribution in [3.63, 3.8) is 0 Å².